The van der Waals surface area contributed by atoms with Crippen LogP contribution in [0.3, 0.4) is 0 Å². The number of fused-ring (bicyclic) bond motifs is 2. The number of aromatic nitrogens is 1. The average molecular weight is 452 g/mol. The standard InChI is InChI=1S/C23H21N3O5S/c1-14-22(28)26(17-4-2-3-5-18(17)31-14)9-8-21(27)25-23-24-16(13-32-23)15-6-7-19-20(12-15)30-11-10-29-19/h2-7,12-14H,8-11H2,1H3,(H,24,25,27). The summed E-state index contributed by atoms with van der Waals surface area (Å²) in [4.78, 5) is 31.2. The number of amides is 2. The Bertz CT molecular complexity index is 1180. The van der Waals surface area contributed by atoms with Gasteiger partial charge in [-0.05, 0) is 37.3 Å². The molecule has 2 aliphatic rings. The van der Waals surface area contributed by atoms with E-state index in [2.05, 4.69) is 10.3 Å². The quantitative estimate of drug-likeness (QED) is 0.636. The molecule has 2 amide bonds. The van der Waals surface area contributed by atoms with Gasteiger partial charge in [-0.1, -0.05) is 12.1 Å². The summed E-state index contributed by atoms with van der Waals surface area (Å²) in [6, 6.07) is 13.0. The molecular formula is C23H21N3O5S. The van der Waals surface area contributed by atoms with Gasteiger partial charge in [-0.15, -0.1) is 11.3 Å². The van der Waals surface area contributed by atoms with Crippen molar-refractivity contribution < 1.29 is 23.8 Å². The van der Waals surface area contributed by atoms with Crippen molar-refractivity contribution in [3.8, 4) is 28.5 Å². The lowest BCUT2D eigenvalue weighted by atomic mass is 10.1. The van der Waals surface area contributed by atoms with Crippen LogP contribution in [0.2, 0.25) is 0 Å². The van der Waals surface area contributed by atoms with E-state index in [9.17, 15) is 9.59 Å². The van der Waals surface area contributed by atoms with E-state index in [1.807, 2.05) is 47.8 Å². The molecule has 3 heterocycles. The molecule has 0 bridgehead atoms. The number of benzene rings is 2. The Morgan fingerprint density at radius 3 is 2.84 bits per heavy atom. The topological polar surface area (TPSA) is 90.0 Å². The van der Waals surface area contributed by atoms with Crippen molar-refractivity contribution in [3.05, 3.63) is 47.8 Å². The fourth-order valence-electron chi connectivity index (χ4n) is 3.65. The molecule has 1 aromatic heterocycles. The average Bonchev–Trinajstić information content (AvgIpc) is 3.27. The van der Waals surface area contributed by atoms with E-state index < -0.39 is 6.10 Å². The summed E-state index contributed by atoms with van der Waals surface area (Å²) in [5.41, 5.74) is 2.31. The number of carbonyl (C=O) groups excluding carboxylic acids is 2. The van der Waals surface area contributed by atoms with Crippen LogP contribution in [0.5, 0.6) is 17.2 Å². The molecule has 5 rings (SSSR count). The number of rotatable bonds is 5. The van der Waals surface area contributed by atoms with Gasteiger partial charge in [0.15, 0.2) is 22.7 Å². The molecule has 2 aromatic carbocycles. The molecule has 0 saturated heterocycles. The first-order chi connectivity index (χ1) is 15.6. The molecule has 0 fully saturated rings. The molecule has 1 unspecified atom stereocenters. The predicted molar refractivity (Wildman–Crippen MR) is 121 cm³/mol. The van der Waals surface area contributed by atoms with E-state index in [-0.39, 0.29) is 24.8 Å². The van der Waals surface area contributed by atoms with Gasteiger partial charge in [0.2, 0.25) is 5.91 Å². The summed E-state index contributed by atoms with van der Waals surface area (Å²) in [6.45, 7) is 3.03. The van der Waals surface area contributed by atoms with Crippen LogP contribution in [-0.4, -0.2) is 42.7 Å². The molecule has 32 heavy (non-hydrogen) atoms. The second-order valence-electron chi connectivity index (χ2n) is 7.41. The zero-order valence-electron chi connectivity index (χ0n) is 17.4. The van der Waals surface area contributed by atoms with Crippen LogP contribution >= 0.6 is 11.3 Å². The number of hydrogen-bond donors (Lipinski definition) is 1. The molecule has 3 aromatic rings. The molecule has 164 valence electrons. The number of carbonyl (C=O) groups is 2. The van der Waals surface area contributed by atoms with E-state index >= 15 is 0 Å². The number of nitrogens with zero attached hydrogens (tertiary/aromatic N) is 2. The minimum absolute atomic E-state index is 0.145. The molecule has 0 aliphatic carbocycles. The van der Waals surface area contributed by atoms with Crippen LogP contribution in [0.25, 0.3) is 11.3 Å². The van der Waals surface area contributed by atoms with Crippen LogP contribution in [0.1, 0.15) is 13.3 Å². The number of nitrogens with one attached hydrogen (secondary N) is 1. The number of ether oxygens (including phenoxy) is 3. The van der Waals surface area contributed by atoms with Gasteiger partial charge < -0.3 is 24.4 Å². The Kier molecular flexibility index (Phi) is 5.40. The number of para-hydroxylation sites is 2. The number of anilines is 2. The second-order valence-corrected chi connectivity index (χ2v) is 8.27. The Hall–Kier alpha value is -3.59. The van der Waals surface area contributed by atoms with Crippen LogP contribution in [-0.2, 0) is 9.59 Å². The monoisotopic (exact) mass is 451 g/mol. The van der Waals surface area contributed by atoms with Gasteiger partial charge in [0.1, 0.15) is 19.0 Å². The maximum absolute atomic E-state index is 12.6. The zero-order chi connectivity index (χ0) is 22.1. The van der Waals surface area contributed by atoms with Crippen molar-refractivity contribution in [2.45, 2.75) is 19.4 Å². The Morgan fingerprint density at radius 2 is 1.97 bits per heavy atom. The summed E-state index contributed by atoms with van der Waals surface area (Å²) in [5.74, 6) is 1.68. The lowest BCUT2D eigenvalue weighted by molar-refractivity contribution is -0.125. The maximum atomic E-state index is 12.6. The molecule has 0 radical (unpaired) electrons. The molecule has 0 saturated carbocycles. The highest BCUT2D eigenvalue weighted by atomic mass is 32.1. The summed E-state index contributed by atoms with van der Waals surface area (Å²) in [7, 11) is 0. The van der Waals surface area contributed by atoms with E-state index in [4.69, 9.17) is 14.2 Å². The third-order valence-electron chi connectivity index (χ3n) is 5.22. The highest BCUT2D eigenvalue weighted by Gasteiger charge is 2.31. The summed E-state index contributed by atoms with van der Waals surface area (Å²) in [5, 5.41) is 5.21. The molecule has 2 aliphatic heterocycles. The molecule has 0 spiro atoms. The lowest BCUT2D eigenvalue weighted by Gasteiger charge is -2.32. The van der Waals surface area contributed by atoms with Crippen LogP contribution < -0.4 is 24.4 Å². The first kappa shape index (κ1) is 20.3. The van der Waals surface area contributed by atoms with E-state index in [1.54, 1.807) is 11.8 Å². The smallest absolute Gasteiger partial charge is 0.267 e. The normalized spacial score (nSPS) is 16.8. The second kappa shape index (κ2) is 8.51. The van der Waals surface area contributed by atoms with Crippen molar-refractivity contribution in [2.24, 2.45) is 0 Å². The van der Waals surface area contributed by atoms with Gasteiger partial charge in [0.05, 0.1) is 11.4 Å². The van der Waals surface area contributed by atoms with Crippen LogP contribution in [0, 0.1) is 0 Å². The molecule has 1 N–H and O–H groups in total. The first-order valence-electron chi connectivity index (χ1n) is 10.3. The SMILES string of the molecule is CC1Oc2ccccc2N(CCC(=O)Nc2nc(-c3ccc4c(c3)OCCO4)cs2)C1=O. The molecule has 9 heteroatoms. The summed E-state index contributed by atoms with van der Waals surface area (Å²) in [6.07, 6.45) is -0.438. The fourth-order valence-corrected chi connectivity index (χ4v) is 4.39. The van der Waals surface area contributed by atoms with Crippen LogP contribution in [0.15, 0.2) is 47.8 Å². The highest BCUT2D eigenvalue weighted by Crippen LogP contribution is 2.36. The molecular weight excluding hydrogens is 430 g/mol. The van der Waals surface area contributed by atoms with Gasteiger partial charge in [0, 0.05) is 23.9 Å². The van der Waals surface area contributed by atoms with Crippen molar-refractivity contribution in [1.29, 1.82) is 0 Å². The predicted octanol–water partition coefficient (Wildman–Crippen LogP) is 3.72. The maximum Gasteiger partial charge on any atom is 0.267 e. The van der Waals surface area contributed by atoms with Gasteiger partial charge in [0.25, 0.3) is 5.91 Å². The van der Waals surface area contributed by atoms with Crippen molar-refractivity contribution in [3.63, 3.8) is 0 Å². The Balaban J connectivity index is 1.23. The molecule has 1 atom stereocenters. The van der Waals surface area contributed by atoms with Gasteiger partial charge >= 0.3 is 0 Å². The summed E-state index contributed by atoms with van der Waals surface area (Å²) >= 11 is 1.35. The van der Waals surface area contributed by atoms with Crippen LogP contribution in [0.4, 0.5) is 10.8 Å². The van der Waals surface area contributed by atoms with E-state index in [0.29, 0.717) is 35.5 Å². The first-order valence-corrected chi connectivity index (χ1v) is 11.2. The van der Waals surface area contributed by atoms with Gasteiger partial charge in [-0.3, -0.25) is 9.59 Å². The Morgan fingerprint density at radius 1 is 1.16 bits per heavy atom. The van der Waals surface area contributed by atoms with Gasteiger partial charge in [-0.25, -0.2) is 4.98 Å². The number of thiazole rings is 1. The van der Waals surface area contributed by atoms with Crippen molar-refractivity contribution in [2.75, 3.05) is 30.0 Å². The van der Waals surface area contributed by atoms with Crippen molar-refractivity contribution >= 4 is 34.0 Å². The lowest BCUT2D eigenvalue weighted by Crippen LogP contribution is -2.45. The van der Waals surface area contributed by atoms with E-state index in [0.717, 1.165) is 17.0 Å². The Labute approximate surface area is 188 Å². The minimum atomic E-state index is -0.583. The summed E-state index contributed by atoms with van der Waals surface area (Å²) < 4.78 is 16.8. The number of hydrogen-bond acceptors (Lipinski definition) is 7. The fraction of sp³-hybridized carbons (Fsp3) is 0.261. The minimum Gasteiger partial charge on any atom is -0.486 e. The largest absolute Gasteiger partial charge is 0.486 e. The highest BCUT2D eigenvalue weighted by molar-refractivity contribution is 7.14. The molecule has 8 nitrogen and oxygen atoms in total. The van der Waals surface area contributed by atoms with Gasteiger partial charge in [-0.2, -0.15) is 0 Å². The van der Waals surface area contributed by atoms with Crippen molar-refractivity contribution in [1.82, 2.24) is 4.98 Å². The zero-order valence-corrected chi connectivity index (χ0v) is 18.2. The van der Waals surface area contributed by atoms with E-state index in [1.165, 1.54) is 11.3 Å². The third kappa shape index (κ3) is 3.99. The third-order valence-corrected chi connectivity index (χ3v) is 5.98.